The van der Waals surface area contributed by atoms with Crippen LogP contribution in [-0.2, 0) is 28.2 Å². The molecule has 0 amide bonds. The van der Waals surface area contributed by atoms with E-state index in [-0.39, 0.29) is 5.97 Å². The summed E-state index contributed by atoms with van der Waals surface area (Å²) in [6.45, 7) is 12.8. The predicted octanol–water partition coefficient (Wildman–Crippen LogP) is 4.57. The summed E-state index contributed by atoms with van der Waals surface area (Å²) in [5.41, 5.74) is 0. The summed E-state index contributed by atoms with van der Waals surface area (Å²) < 4.78 is 27.1. The Morgan fingerprint density at radius 3 is 1.64 bits per heavy atom. The van der Waals surface area contributed by atoms with E-state index in [9.17, 15) is 4.79 Å². The lowest BCUT2D eigenvalue weighted by atomic mass is 10.1. The Kier molecular flexibility index (Phi) is 19.5. The van der Waals surface area contributed by atoms with Crippen LogP contribution in [0, 0.1) is 0 Å². The Balaban J connectivity index is 3.17. The molecule has 0 saturated carbocycles. The summed E-state index contributed by atoms with van der Waals surface area (Å²) in [7, 11) is -1.44. The van der Waals surface area contributed by atoms with Gasteiger partial charge in [0.25, 0.3) is 0 Å². The Morgan fingerprint density at radius 1 is 0.643 bits per heavy atom. The lowest BCUT2D eigenvalue weighted by molar-refractivity contribution is -0.145. The van der Waals surface area contributed by atoms with E-state index in [0.29, 0.717) is 59.3 Å². The lowest BCUT2D eigenvalue weighted by Gasteiger charge is -2.16. The molecule has 0 unspecified atom stereocenters. The topological polar surface area (TPSA) is 63.2 Å². The summed E-state index contributed by atoms with van der Waals surface area (Å²) in [6.07, 6.45) is 8.93. The van der Waals surface area contributed by atoms with Gasteiger partial charge in [0.05, 0.1) is 46.2 Å². The maximum atomic E-state index is 11.6. The molecule has 0 aliphatic heterocycles. The van der Waals surface area contributed by atoms with Crippen LogP contribution in [0.15, 0.2) is 0 Å². The van der Waals surface area contributed by atoms with E-state index < -0.39 is 8.32 Å². The van der Waals surface area contributed by atoms with Crippen LogP contribution >= 0.6 is 0 Å². The minimum absolute atomic E-state index is 0.122. The molecule has 0 N–H and O–H groups in total. The van der Waals surface area contributed by atoms with Crippen LogP contribution in [0.3, 0.4) is 0 Å². The normalized spacial score (nSPS) is 11.7. The van der Waals surface area contributed by atoms with E-state index in [1.807, 2.05) is 0 Å². The molecule has 0 aromatic rings. The second-order valence-corrected chi connectivity index (χ2v) is 12.4. The van der Waals surface area contributed by atoms with Gasteiger partial charge in [-0.1, -0.05) is 45.4 Å². The molecule has 0 bridgehead atoms. The third kappa shape index (κ3) is 23.6. The van der Waals surface area contributed by atoms with Crippen molar-refractivity contribution >= 4 is 14.3 Å². The average molecular weight is 421 g/mol. The highest BCUT2D eigenvalue weighted by atomic mass is 28.4. The smallest absolute Gasteiger partial charge is 0.305 e. The standard InChI is InChI=1S/C21H44O6Si/c1-5-6-7-8-9-10-11-12-21(22)26-19-17-24-15-13-23-14-16-25-18-20-27-28(2,3)4/h5-20H2,1-4H3. The third-order valence-electron chi connectivity index (χ3n) is 3.98. The van der Waals surface area contributed by atoms with Crippen molar-refractivity contribution in [2.45, 2.75) is 77.9 Å². The van der Waals surface area contributed by atoms with Gasteiger partial charge >= 0.3 is 5.97 Å². The van der Waals surface area contributed by atoms with Gasteiger partial charge in [-0.3, -0.25) is 4.79 Å². The second-order valence-electron chi connectivity index (χ2n) is 7.89. The second kappa shape index (κ2) is 19.8. The molecule has 6 nitrogen and oxygen atoms in total. The van der Waals surface area contributed by atoms with Crippen LogP contribution in [0.25, 0.3) is 0 Å². The highest BCUT2D eigenvalue weighted by Gasteiger charge is 2.13. The van der Waals surface area contributed by atoms with Crippen LogP contribution in [0.5, 0.6) is 0 Å². The van der Waals surface area contributed by atoms with Crippen molar-refractivity contribution in [3.05, 3.63) is 0 Å². The number of carbonyl (C=O) groups is 1. The maximum absolute atomic E-state index is 11.6. The minimum Gasteiger partial charge on any atom is -0.463 e. The van der Waals surface area contributed by atoms with Crippen molar-refractivity contribution in [1.82, 2.24) is 0 Å². The zero-order chi connectivity index (χ0) is 20.9. The molecule has 0 aliphatic rings. The zero-order valence-electron chi connectivity index (χ0n) is 18.8. The van der Waals surface area contributed by atoms with Gasteiger partial charge in [0.1, 0.15) is 6.61 Å². The van der Waals surface area contributed by atoms with Gasteiger partial charge in [-0.15, -0.1) is 0 Å². The van der Waals surface area contributed by atoms with Gasteiger partial charge in [-0.05, 0) is 26.1 Å². The summed E-state index contributed by atoms with van der Waals surface area (Å²) >= 11 is 0. The fourth-order valence-electron chi connectivity index (χ4n) is 2.46. The molecular formula is C21H44O6Si. The molecule has 0 radical (unpaired) electrons. The Bertz CT molecular complexity index is 346. The monoisotopic (exact) mass is 420 g/mol. The van der Waals surface area contributed by atoms with Crippen molar-refractivity contribution in [2.75, 3.05) is 52.9 Å². The molecule has 28 heavy (non-hydrogen) atoms. The molecule has 168 valence electrons. The summed E-state index contributed by atoms with van der Waals surface area (Å²) in [5.74, 6) is -0.122. The van der Waals surface area contributed by atoms with Crippen molar-refractivity contribution in [3.63, 3.8) is 0 Å². The maximum Gasteiger partial charge on any atom is 0.305 e. The molecule has 0 atom stereocenters. The first-order chi connectivity index (χ1) is 13.5. The van der Waals surface area contributed by atoms with Crippen LogP contribution < -0.4 is 0 Å². The highest BCUT2D eigenvalue weighted by Crippen LogP contribution is 2.08. The van der Waals surface area contributed by atoms with Crippen molar-refractivity contribution < 1.29 is 28.2 Å². The number of rotatable bonds is 21. The van der Waals surface area contributed by atoms with Crippen LogP contribution in [0.1, 0.15) is 58.3 Å². The Labute approximate surface area is 173 Å². The fraction of sp³-hybridized carbons (Fsp3) is 0.952. The fourth-order valence-corrected chi connectivity index (χ4v) is 3.16. The number of hydrogen-bond acceptors (Lipinski definition) is 6. The van der Waals surface area contributed by atoms with Crippen molar-refractivity contribution in [2.24, 2.45) is 0 Å². The molecule has 0 heterocycles. The summed E-state index contributed by atoms with van der Waals surface area (Å²) in [4.78, 5) is 11.6. The largest absolute Gasteiger partial charge is 0.463 e. The average Bonchev–Trinajstić information content (AvgIpc) is 2.64. The third-order valence-corrected chi connectivity index (χ3v) is 5.05. The molecule has 0 aromatic carbocycles. The van der Waals surface area contributed by atoms with Gasteiger partial charge in [0, 0.05) is 6.42 Å². The Hall–Kier alpha value is -0.473. The summed E-state index contributed by atoms with van der Waals surface area (Å²) in [6, 6.07) is 0. The minimum atomic E-state index is -1.44. The first kappa shape index (κ1) is 27.5. The number of ether oxygens (including phenoxy) is 4. The molecule has 7 heteroatoms. The first-order valence-electron chi connectivity index (χ1n) is 11.0. The van der Waals surface area contributed by atoms with Gasteiger partial charge in [-0.25, -0.2) is 0 Å². The van der Waals surface area contributed by atoms with E-state index in [1.54, 1.807) is 0 Å². The molecule has 0 aromatic heterocycles. The van der Waals surface area contributed by atoms with Crippen molar-refractivity contribution in [3.8, 4) is 0 Å². The number of carbonyl (C=O) groups excluding carboxylic acids is 1. The lowest BCUT2D eigenvalue weighted by Crippen LogP contribution is -2.27. The predicted molar refractivity (Wildman–Crippen MR) is 115 cm³/mol. The van der Waals surface area contributed by atoms with Crippen LogP contribution in [0.2, 0.25) is 19.6 Å². The van der Waals surface area contributed by atoms with Gasteiger partial charge < -0.3 is 23.4 Å². The van der Waals surface area contributed by atoms with E-state index in [4.69, 9.17) is 23.4 Å². The molecule has 0 rings (SSSR count). The van der Waals surface area contributed by atoms with E-state index in [1.165, 1.54) is 32.1 Å². The molecule has 0 fully saturated rings. The summed E-state index contributed by atoms with van der Waals surface area (Å²) in [5, 5.41) is 0. The number of hydrogen-bond donors (Lipinski definition) is 0. The molecule has 0 saturated heterocycles. The van der Waals surface area contributed by atoms with Crippen LogP contribution in [0.4, 0.5) is 0 Å². The highest BCUT2D eigenvalue weighted by molar-refractivity contribution is 6.69. The number of esters is 1. The first-order valence-corrected chi connectivity index (χ1v) is 14.4. The van der Waals surface area contributed by atoms with Gasteiger partial charge in [0.15, 0.2) is 8.32 Å². The van der Waals surface area contributed by atoms with Crippen molar-refractivity contribution in [1.29, 1.82) is 0 Å². The van der Waals surface area contributed by atoms with E-state index in [0.717, 1.165) is 12.8 Å². The molecule has 0 spiro atoms. The SMILES string of the molecule is CCCCCCCCCC(=O)OCCOCCOCCOCCO[Si](C)(C)C. The molecule has 0 aliphatic carbocycles. The van der Waals surface area contributed by atoms with E-state index in [2.05, 4.69) is 26.6 Å². The Morgan fingerprint density at radius 2 is 1.11 bits per heavy atom. The van der Waals surface area contributed by atoms with Gasteiger partial charge in [-0.2, -0.15) is 0 Å². The zero-order valence-corrected chi connectivity index (χ0v) is 19.8. The van der Waals surface area contributed by atoms with Gasteiger partial charge in [0.2, 0.25) is 0 Å². The number of unbranched alkanes of at least 4 members (excludes halogenated alkanes) is 6. The van der Waals surface area contributed by atoms with Crippen LogP contribution in [-0.4, -0.2) is 67.1 Å². The quantitative estimate of drug-likeness (QED) is 0.154. The van der Waals surface area contributed by atoms with E-state index >= 15 is 0 Å². The molecular weight excluding hydrogens is 376 g/mol.